The maximum absolute atomic E-state index is 14.2. The lowest BCUT2D eigenvalue weighted by atomic mass is 9.93. The summed E-state index contributed by atoms with van der Waals surface area (Å²) >= 11 is 0. The number of rotatable bonds is 4. The molecule has 2 atom stereocenters. The zero-order valence-corrected chi connectivity index (χ0v) is 14.9. The van der Waals surface area contributed by atoms with Gasteiger partial charge in [-0.2, -0.15) is 0 Å². The fourth-order valence-electron chi connectivity index (χ4n) is 3.41. The fraction of sp³-hybridized carbons (Fsp3) is 0.389. The lowest BCUT2D eigenvalue weighted by Crippen LogP contribution is -2.42. The maximum atomic E-state index is 14.2. The van der Waals surface area contributed by atoms with Gasteiger partial charge in [0, 0.05) is 31.7 Å². The average molecular weight is 369 g/mol. The summed E-state index contributed by atoms with van der Waals surface area (Å²) in [7, 11) is 1.81. The van der Waals surface area contributed by atoms with Crippen LogP contribution in [0.5, 0.6) is 0 Å². The molecule has 9 heteroatoms. The standard InChI is InChI=1S/C18H20FN7O/c1-25(14-5-3-2-4-13(14)19)17-10-22-18(24-23-17)12-9-21-16(8-15(12)27)26-7-6-20-11-26/h6-11,13-14H,2-5H2,1H3,(H,21,27)/t13-,14-/m1/s1. The molecule has 0 radical (unpaired) electrons. The van der Waals surface area contributed by atoms with Crippen molar-refractivity contribution in [1.82, 2.24) is 29.7 Å². The number of anilines is 1. The Morgan fingerprint density at radius 1 is 1.30 bits per heavy atom. The Labute approximate surface area is 155 Å². The first-order chi connectivity index (χ1) is 13.1. The second kappa shape index (κ2) is 7.26. The van der Waals surface area contributed by atoms with Gasteiger partial charge in [-0.1, -0.05) is 12.8 Å². The van der Waals surface area contributed by atoms with E-state index < -0.39 is 6.17 Å². The molecular formula is C18H20FN7O. The number of nitrogens with one attached hydrogen (secondary N) is 1. The number of hydrogen-bond donors (Lipinski definition) is 1. The molecule has 1 fully saturated rings. The molecule has 1 N–H and O–H groups in total. The molecule has 3 aromatic rings. The number of alkyl halides is 1. The van der Waals surface area contributed by atoms with Crippen LogP contribution in [0, 0.1) is 0 Å². The number of nitrogens with zero attached hydrogens (tertiary/aromatic N) is 6. The highest BCUT2D eigenvalue weighted by molar-refractivity contribution is 5.54. The van der Waals surface area contributed by atoms with Crippen molar-refractivity contribution in [3.05, 3.63) is 47.4 Å². The van der Waals surface area contributed by atoms with Crippen LogP contribution < -0.4 is 10.3 Å². The summed E-state index contributed by atoms with van der Waals surface area (Å²) in [4.78, 5) is 25.5. The second-order valence-electron chi connectivity index (χ2n) is 6.68. The highest BCUT2D eigenvalue weighted by atomic mass is 19.1. The Kier molecular flexibility index (Phi) is 4.66. The monoisotopic (exact) mass is 369 g/mol. The van der Waals surface area contributed by atoms with Crippen molar-refractivity contribution in [2.45, 2.75) is 37.9 Å². The molecule has 0 saturated heterocycles. The lowest BCUT2D eigenvalue weighted by molar-refractivity contribution is 0.213. The number of aromatic amines is 1. The van der Waals surface area contributed by atoms with Crippen LogP contribution in [0.4, 0.5) is 10.2 Å². The van der Waals surface area contributed by atoms with E-state index in [1.54, 1.807) is 41.4 Å². The van der Waals surface area contributed by atoms with Gasteiger partial charge in [0.1, 0.15) is 18.3 Å². The van der Waals surface area contributed by atoms with Crippen LogP contribution in [0.15, 0.2) is 42.0 Å². The molecule has 140 valence electrons. The van der Waals surface area contributed by atoms with Crippen LogP contribution >= 0.6 is 0 Å². The summed E-state index contributed by atoms with van der Waals surface area (Å²) in [6, 6.07) is 1.24. The third kappa shape index (κ3) is 3.44. The molecule has 0 amide bonds. The number of aromatic nitrogens is 6. The minimum absolute atomic E-state index is 0.210. The molecule has 4 rings (SSSR count). The third-order valence-electron chi connectivity index (χ3n) is 4.98. The molecule has 0 aliphatic heterocycles. The molecule has 3 heterocycles. The summed E-state index contributed by atoms with van der Waals surface area (Å²) in [5.41, 5.74) is 0.0954. The molecule has 3 aromatic heterocycles. The zero-order valence-electron chi connectivity index (χ0n) is 14.9. The largest absolute Gasteiger partial charge is 0.351 e. The molecule has 1 aliphatic rings. The van der Waals surface area contributed by atoms with Gasteiger partial charge < -0.3 is 9.88 Å². The average Bonchev–Trinajstić information content (AvgIpc) is 3.23. The molecule has 0 aromatic carbocycles. The Morgan fingerprint density at radius 3 is 2.81 bits per heavy atom. The summed E-state index contributed by atoms with van der Waals surface area (Å²) < 4.78 is 15.9. The smallest absolute Gasteiger partial charge is 0.194 e. The summed E-state index contributed by atoms with van der Waals surface area (Å²) in [6.07, 6.45) is 10.5. The van der Waals surface area contributed by atoms with E-state index >= 15 is 0 Å². The van der Waals surface area contributed by atoms with E-state index in [9.17, 15) is 9.18 Å². The van der Waals surface area contributed by atoms with E-state index in [0.29, 0.717) is 23.6 Å². The Balaban J connectivity index is 1.56. The Hall–Kier alpha value is -3.10. The van der Waals surface area contributed by atoms with Gasteiger partial charge in [0.05, 0.1) is 17.8 Å². The van der Waals surface area contributed by atoms with Gasteiger partial charge in [-0.05, 0) is 12.8 Å². The number of imidazole rings is 1. The Morgan fingerprint density at radius 2 is 2.15 bits per heavy atom. The van der Waals surface area contributed by atoms with Crippen LogP contribution in [0.25, 0.3) is 17.2 Å². The molecule has 1 aliphatic carbocycles. The minimum atomic E-state index is -0.871. The van der Waals surface area contributed by atoms with Crippen molar-refractivity contribution < 1.29 is 4.39 Å². The highest BCUT2D eigenvalue weighted by Gasteiger charge is 2.29. The summed E-state index contributed by atoms with van der Waals surface area (Å²) in [6.45, 7) is 0. The van der Waals surface area contributed by atoms with Crippen molar-refractivity contribution in [3.63, 3.8) is 0 Å². The molecule has 8 nitrogen and oxygen atoms in total. The van der Waals surface area contributed by atoms with E-state index in [4.69, 9.17) is 0 Å². The molecule has 27 heavy (non-hydrogen) atoms. The Bertz CT molecular complexity index is 955. The van der Waals surface area contributed by atoms with Crippen molar-refractivity contribution in [3.8, 4) is 17.2 Å². The van der Waals surface area contributed by atoms with Crippen LogP contribution in [-0.2, 0) is 0 Å². The van der Waals surface area contributed by atoms with Crippen LogP contribution in [0.3, 0.4) is 0 Å². The topological polar surface area (TPSA) is 92.6 Å². The quantitative estimate of drug-likeness (QED) is 0.757. The normalized spacial score (nSPS) is 19.8. The maximum Gasteiger partial charge on any atom is 0.194 e. The number of halogens is 1. The first-order valence-electron chi connectivity index (χ1n) is 8.91. The van der Waals surface area contributed by atoms with Crippen molar-refractivity contribution in [2.24, 2.45) is 0 Å². The summed E-state index contributed by atoms with van der Waals surface area (Å²) in [5.74, 6) is 1.32. The molecule has 0 spiro atoms. The van der Waals surface area contributed by atoms with E-state index in [2.05, 4.69) is 25.1 Å². The molecule has 1 saturated carbocycles. The zero-order chi connectivity index (χ0) is 18.8. The van der Waals surface area contributed by atoms with Crippen molar-refractivity contribution in [1.29, 1.82) is 0 Å². The van der Waals surface area contributed by atoms with Crippen LogP contribution in [-0.4, -0.2) is 49.0 Å². The van der Waals surface area contributed by atoms with E-state index in [1.165, 1.54) is 12.3 Å². The van der Waals surface area contributed by atoms with Gasteiger partial charge in [-0.3, -0.25) is 9.36 Å². The minimum Gasteiger partial charge on any atom is -0.351 e. The lowest BCUT2D eigenvalue weighted by Gasteiger charge is -2.34. The SMILES string of the molecule is CN(c1cnc(-c2c[nH]c(-n3ccnc3)cc2=O)nn1)[C@@H]1CCCC[C@H]1F. The van der Waals surface area contributed by atoms with Gasteiger partial charge in [-0.15, -0.1) is 10.2 Å². The number of hydrogen-bond acceptors (Lipinski definition) is 6. The number of pyridine rings is 1. The van der Waals surface area contributed by atoms with E-state index in [1.807, 2.05) is 0 Å². The van der Waals surface area contributed by atoms with E-state index in [0.717, 1.165) is 19.3 Å². The van der Waals surface area contributed by atoms with Gasteiger partial charge >= 0.3 is 0 Å². The van der Waals surface area contributed by atoms with E-state index in [-0.39, 0.29) is 17.3 Å². The predicted octanol–water partition coefficient (Wildman–Crippen LogP) is 2.13. The summed E-state index contributed by atoms with van der Waals surface area (Å²) in [5, 5.41) is 8.24. The first kappa shape index (κ1) is 17.3. The molecule has 0 bridgehead atoms. The van der Waals surface area contributed by atoms with Crippen molar-refractivity contribution in [2.75, 3.05) is 11.9 Å². The first-order valence-corrected chi connectivity index (χ1v) is 8.91. The van der Waals surface area contributed by atoms with Gasteiger partial charge in [0.15, 0.2) is 17.1 Å². The van der Waals surface area contributed by atoms with Crippen LogP contribution in [0.2, 0.25) is 0 Å². The van der Waals surface area contributed by atoms with Crippen LogP contribution in [0.1, 0.15) is 25.7 Å². The number of H-pyrrole nitrogens is 1. The van der Waals surface area contributed by atoms with Gasteiger partial charge in [0.2, 0.25) is 0 Å². The van der Waals surface area contributed by atoms with Crippen molar-refractivity contribution >= 4 is 5.82 Å². The van der Waals surface area contributed by atoms with Gasteiger partial charge in [0.25, 0.3) is 0 Å². The predicted molar refractivity (Wildman–Crippen MR) is 98.6 cm³/mol. The molecule has 0 unspecified atom stereocenters. The second-order valence-corrected chi connectivity index (χ2v) is 6.68. The third-order valence-corrected chi connectivity index (χ3v) is 4.98. The van der Waals surface area contributed by atoms with Gasteiger partial charge in [-0.25, -0.2) is 14.4 Å². The molecular weight excluding hydrogens is 349 g/mol. The highest BCUT2D eigenvalue weighted by Crippen LogP contribution is 2.27. The fourth-order valence-corrected chi connectivity index (χ4v) is 3.41.